The third kappa shape index (κ3) is 2.11. The summed E-state index contributed by atoms with van der Waals surface area (Å²) in [7, 11) is 0. The second-order valence-corrected chi connectivity index (χ2v) is 5.91. The molecule has 0 bridgehead atoms. The topological polar surface area (TPSA) is 37.3 Å². The molecular weight excluding hydrogens is 212 g/mol. The number of allylic oxidation sites excluding steroid dienone is 2. The first-order chi connectivity index (χ1) is 7.97. The standard InChI is InChI=1S/C15H22O2/c1-10(9-16)12-4-5-13-7-14(17)6-11(2)15(13,3)8-12/h7,11-12,16H,1,4-6,8-9H2,2-3H3/t11-,12-,15+/m1/s1. The van der Waals surface area contributed by atoms with Crippen molar-refractivity contribution in [3.05, 3.63) is 23.8 Å². The van der Waals surface area contributed by atoms with E-state index < -0.39 is 0 Å². The second kappa shape index (κ2) is 4.41. The molecule has 0 spiro atoms. The van der Waals surface area contributed by atoms with Crippen molar-refractivity contribution in [2.45, 2.75) is 39.5 Å². The molecule has 94 valence electrons. The molecule has 1 fully saturated rings. The summed E-state index contributed by atoms with van der Waals surface area (Å²) < 4.78 is 0. The Hall–Kier alpha value is -0.890. The molecule has 0 radical (unpaired) electrons. The van der Waals surface area contributed by atoms with Crippen LogP contribution < -0.4 is 0 Å². The lowest BCUT2D eigenvalue weighted by Crippen LogP contribution is -2.38. The van der Waals surface area contributed by atoms with Crippen LogP contribution in [0.1, 0.15) is 39.5 Å². The van der Waals surface area contributed by atoms with Gasteiger partial charge in [-0.05, 0) is 48.2 Å². The van der Waals surface area contributed by atoms with E-state index in [9.17, 15) is 9.90 Å². The number of ketones is 1. The average molecular weight is 234 g/mol. The second-order valence-electron chi connectivity index (χ2n) is 5.91. The van der Waals surface area contributed by atoms with Crippen molar-refractivity contribution in [1.29, 1.82) is 0 Å². The van der Waals surface area contributed by atoms with Gasteiger partial charge in [0.2, 0.25) is 0 Å². The number of hydrogen-bond acceptors (Lipinski definition) is 2. The summed E-state index contributed by atoms with van der Waals surface area (Å²) in [5.41, 5.74) is 2.41. The number of hydrogen-bond donors (Lipinski definition) is 1. The van der Waals surface area contributed by atoms with Crippen molar-refractivity contribution in [2.24, 2.45) is 17.3 Å². The summed E-state index contributed by atoms with van der Waals surface area (Å²) in [5.74, 6) is 1.10. The van der Waals surface area contributed by atoms with Gasteiger partial charge in [-0.2, -0.15) is 0 Å². The lowest BCUT2D eigenvalue weighted by Gasteiger charge is -2.47. The Balaban J connectivity index is 2.25. The number of rotatable bonds is 2. The summed E-state index contributed by atoms with van der Waals surface area (Å²) in [4.78, 5) is 11.6. The van der Waals surface area contributed by atoms with E-state index in [-0.39, 0.29) is 17.8 Å². The first-order valence-corrected chi connectivity index (χ1v) is 6.49. The van der Waals surface area contributed by atoms with Crippen molar-refractivity contribution in [2.75, 3.05) is 6.61 Å². The smallest absolute Gasteiger partial charge is 0.155 e. The van der Waals surface area contributed by atoms with E-state index in [4.69, 9.17) is 0 Å². The largest absolute Gasteiger partial charge is 0.392 e. The maximum absolute atomic E-state index is 11.6. The molecule has 2 nitrogen and oxygen atoms in total. The third-order valence-corrected chi connectivity index (χ3v) is 4.88. The Bertz CT molecular complexity index is 380. The summed E-state index contributed by atoms with van der Waals surface area (Å²) in [6.45, 7) is 8.51. The van der Waals surface area contributed by atoms with Crippen molar-refractivity contribution in [3.8, 4) is 0 Å². The molecule has 17 heavy (non-hydrogen) atoms. The maximum atomic E-state index is 11.6. The Kier molecular flexibility index (Phi) is 3.26. The lowest BCUT2D eigenvalue weighted by atomic mass is 9.57. The first-order valence-electron chi connectivity index (χ1n) is 6.49. The molecule has 0 aromatic carbocycles. The van der Waals surface area contributed by atoms with E-state index in [0.717, 1.165) is 24.8 Å². The average Bonchev–Trinajstić information content (AvgIpc) is 2.29. The Morgan fingerprint density at radius 2 is 2.35 bits per heavy atom. The predicted molar refractivity (Wildman–Crippen MR) is 68.5 cm³/mol. The number of carbonyl (C=O) groups is 1. The predicted octanol–water partition coefficient (Wildman–Crippen LogP) is 2.88. The Labute approximate surface area is 103 Å². The lowest BCUT2D eigenvalue weighted by molar-refractivity contribution is -0.117. The van der Waals surface area contributed by atoms with Gasteiger partial charge in [0.15, 0.2) is 5.78 Å². The number of aliphatic hydroxyl groups excluding tert-OH is 1. The zero-order chi connectivity index (χ0) is 12.6. The van der Waals surface area contributed by atoms with Crippen LogP contribution in [0.5, 0.6) is 0 Å². The van der Waals surface area contributed by atoms with E-state index in [1.807, 2.05) is 6.08 Å². The minimum Gasteiger partial charge on any atom is -0.392 e. The molecular formula is C15H22O2. The van der Waals surface area contributed by atoms with E-state index in [0.29, 0.717) is 18.3 Å². The Morgan fingerprint density at radius 3 is 3.00 bits per heavy atom. The fourth-order valence-corrected chi connectivity index (χ4v) is 3.37. The molecule has 0 amide bonds. The fourth-order valence-electron chi connectivity index (χ4n) is 3.37. The third-order valence-electron chi connectivity index (χ3n) is 4.88. The normalized spacial score (nSPS) is 37.4. The zero-order valence-corrected chi connectivity index (χ0v) is 10.8. The van der Waals surface area contributed by atoms with Crippen molar-refractivity contribution < 1.29 is 9.90 Å². The van der Waals surface area contributed by atoms with Crippen LogP contribution in [-0.4, -0.2) is 17.5 Å². The van der Waals surface area contributed by atoms with Crippen LogP contribution in [0, 0.1) is 17.3 Å². The monoisotopic (exact) mass is 234 g/mol. The number of carbonyl (C=O) groups excluding carboxylic acids is 1. The van der Waals surface area contributed by atoms with Crippen LogP contribution in [0.15, 0.2) is 23.8 Å². The van der Waals surface area contributed by atoms with Gasteiger partial charge in [-0.25, -0.2) is 0 Å². The molecule has 0 unspecified atom stereocenters. The van der Waals surface area contributed by atoms with Gasteiger partial charge in [0, 0.05) is 6.42 Å². The molecule has 0 heterocycles. The van der Waals surface area contributed by atoms with E-state index >= 15 is 0 Å². The number of aliphatic hydroxyl groups is 1. The van der Waals surface area contributed by atoms with Crippen LogP contribution in [0.3, 0.4) is 0 Å². The molecule has 2 heteroatoms. The SMILES string of the molecule is C=C(CO)[C@@H]1CCC2=CC(=O)C[C@@H](C)[C@]2(C)C1. The first kappa shape index (κ1) is 12.6. The van der Waals surface area contributed by atoms with E-state index in [2.05, 4.69) is 20.4 Å². The molecule has 0 aromatic rings. The summed E-state index contributed by atoms with van der Waals surface area (Å²) in [6.07, 6.45) is 5.58. The molecule has 2 aliphatic carbocycles. The van der Waals surface area contributed by atoms with Crippen molar-refractivity contribution >= 4 is 5.78 Å². The van der Waals surface area contributed by atoms with Gasteiger partial charge in [-0.3, -0.25) is 4.79 Å². The Morgan fingerprint density at radius 1 is 1.65 bits per heavy atom. The minimum atomic E-state index is 0.0904. The molecule has 3 atom stereocenters. The highest BCUT2D eigenvalue weighted by Gasteiger charge is 2.43. The molecule has 2 aliphatic rings. The zero-order valence-electron chi connectivity index (χ0n) is 10.8. The molecule has 2 rings (SSSR count). The maximum Gasteiger partial charge on any atom is 0.155 e. The van der Waals surface area contributed by atoms with Crippen LogP contribution >= 0.6 is 0 Å². The van der Waals surface area contributed by atoms with Crippen LogP contribution in [0.2, 0.25) is 0 Å². The molecule has 0 saturated heterocycles. The summed E-state index contributed by atoms with van der Waals surface area (Å²) >= 11 is 0. The fraction of sp³-hybridized carbons (Fsp3) is 0.667. The number of fused-ring (bicyclic) bond motifs is 1. The highest BCUT2D eigenvalue weighted by atomic mass is 16.3. The van der Waals surface area contributed by atoms with Crippen molar-refractivity contribution in [1.82, 2.24) is 0 Å². The molecule has 0 aromatic heterocycles. The molecule has 1 N–H and O–H groups in total. The molecule has 1 saturated carbocycles. The summed E-state index contributed by atoms with van der Waals surface area (Å²) in [5, 5.41) is 9.21. The van der Waals surface area contributed by atoms with Gasteiger partial charge in [0.1, 0.15) is 0 Å². The van der Waals surface area contributed by atoms with Gasteiger partial charge in [0.25, 0.3) is 0 Å². The van der Waals surface area contributed by atoms with Gasteiger partial charge in [-0.1, -0.05) is 26.0 Å². The summed E-state index contributed by atoms with van der Waals surface area (Å²) in [6, 6.07) is 0. The quantitative estimate of drug-likeness (QED) is 0.746. The van der Waals surface area contributed by atoms with E-state index in [1.165, 1.54) is 5.57 Å². The minimum absolute atomic E-state index is 0.0904. The van der Waals surface area contributed by atoms with Gasteiger partial charge in [0.05, 0.1) is 6.61 Å². The van der Waals surface area contributed by atoms with Crippen LogP contribution in [0.4, 0.5) is 0 Å². The van der Waals surface area contributed by atoms with Crippen molar-refractivity contribution in [3.63, 3.8) is 0 Å². The van der Waals surface area contributed by atoms with Gasteiger partial charge in [-0.15, -0.1) is 0 Å². The van der Waals surface area contributed by atoms with E-state index in [1.54, 1.807) is 0 Å². The van der Waals surface area contributed by atoms with Gasteiger partial charge < -0.3 is 5.11 Å². The van der Waals surface area contributed by atoms with Crippen LogP contribution in [-0.2, 0) is 4.79 Å². The highest BCUT2D eigenvalue weighted by molar-refractivity contribution is 5.92. The van der Waals surface area contributed by atoms with Gasteiger partial charge >= 0.3 is 0 Å². The highest BCUT2D eigenvalue weighted by Crippen LogP contribution is 2.52. The molecule has 0 aliphatic heterocycles. The van der Waals surface area contributed by atoms with Crippen LogP contribution in [0.25, 0.3) is 0 Å².